The molecule has 16 heavy (non-hydrogen) atoms. The highest BCUT2D eigenvalue weighted by Gasteiger charge is 2.14. The second-order valence-corrected chi connectivity index (χ2v) is 3.49. The molecule has 0 aromatic heterocycles. The maximum atomic E-state index is 10.8. The average Bonchev–Trinajstić information content (AvgIpc) is 2.80. The van der Waals surface area contributed by atoms with E-state index in [0.717, 1.165) is 5.69 Å². The zero-order valence-corrected chi connectivity index (χ0v) is 8.81. The Bertz CT molecular complexity index is 358. The molecule has 0 aliphatic carbocycles. The number of hydrogen-bond acceptors (Lipinski definition) is 4. The number of primary amides is 1. The maximum absolute atomic E-state index is 10.8. The van der Waals surface area contributed by atoms with E-state index < -0.39 is 5.91 Å². The molecule has 1 fully saturated rings. The molecule has 3 N–H and O–H groups in total. The van der Waals surface area contributed by atoms with Gasteiger partial charge in [0, 0.05) is 11.3 Å². The third kappa shape index (κ3) is 2.71. The lowest BCUT2D eigenvalue weighted by Crippen LogP contribution is -2.20. The molecule has 0 bridgehead atoms. The molecule has 0 unspecified atom stereocenters. The lowest BCUT2D eigenvalue weighted by atomic mass is 10.2. The van der Waals surface area contributed by atoms with Crippen LogP contribution in [0.15, 0.2) is 24.3 Å². The number of hydrogen-bond donors (Lipinski definition) is 2. The van der Waals surface area contributed by atoms with Gasteiger partial charge in [-0.25, -0.2) is 0 Å². The van der Waals surface area contributed by atoms with Crippen LogP contribution in [0.4, 0.5) is 5.69 Å². The summed E-state index contributed by atoms with van der Waals surface area (Å²) in [5, 5.41) is 3.15. The number of rotatable bonds is 4. The second kappa shape index (κ2) is 4.96. The molecule has 0 spiro atoms. The van der Waals surface area contributed by atoms with Crippen LogP contribution in [0.1, 0.15) is 10.4 Å². The molecular weight excluding hydrogens is 208 g/mol. The van der Waals surface area contributed by atoms with Crippen molar-refractivity contribution in [2.75, 3.05) is 25.1 Å². The van der Waals surface area contributed by atoms with Gasteiger partial charge in [0.2, 0.25) is 5.91 Å². The molecule has 1 aliphatic rings. The minimum Gasteiger partial charge on any atom is -0.380 e. The van der Waals surface area contributed by atoms with Gasteiger partial charge in [-0.1, -0.05) is 0 Å². The van der Waals surface area contributed by atoms with Crippen LogP contribution in [0.2, 0.25) is 0 Å². The number of benzene rings is 1. The number of nitrogens with one attached hydrogen (secondary N) is 1. The summed E-state index contributed by atoms with van der Waals surface area (Å²) >= 11 is 0. The number of carbonyl (C=O) groups excluding carboxylic acids is 1. The van der Waals surface area contributed by atoms with Crippen LogP contribution in [0, 0.1) is 0 Å². The Kier molecular flexibility index (Phi) is 3.38. The van der Waals surface area contributed by atoms with Crippen molar-refractivity contribution in [1.29, 1.82) is 0 Å². The molecule has 1 heterocycles. The van der Waals surface area contributed by atoms with E-state index >= 15 is 0 Å². The number of anilines is 1. The third-order valence-corrected chi connectivity index (χ3v) is 2.33. The van der Waals surface area contributed by atoms with Crippen molar-refractivity contribution >= 4 is 11.6 Å². The molecule has 5 nitrogen and oxygen atoms in total. The van der Waals surface area contributed by atoms with Crippen LogP contribution in [0.25, 0.3) is 0 Å². The highest BCUT2D eigenvalue weighted by molar-refractivity contribution is 5.93. The minimum atomic E-state index is -0.422. The van der Waals surface area contributed by atoms with E-state index in [1.807, 2.05) is 0 Å². The van der Waals surface area contributed by atoms with Crippen LogP contribution >= 0.6 is 0 Å². The molecule has 0 saturated carbocycles. The van der Waals surface area contributed by atoms with Crippen molar-refractivity contribution in [1.82, 2.24) is 0 Å². The van der Waals surface area contributed by atoms with Gasteiger partial charge in [0.15, 0.2) is 6.29 Å². The van der Waals surface area contributed by atoms with Crippen LogP contribution in [-0.2, 0) is 9.47 Å². The summed E-state index contributed by atoms with van der Waals surface area (Å²) in [6, 6.07) is 6.96. The molecule has 5 heteroatoms. The largest absolute Gasteiger partial charge is 0.380 e. The Morgan fingerprint density at radius 2 is 1.94 bits per heavy atom. The highest BCUT2D eigenvalue weighted by Crippen LogP contribution is 2.11. The molecular formula is C11H14N2O3. The van der Waals surface area contributed by atoms with Gasteiger partial charge in [-0.05, 0) is 24.3 Å². The maximum Gasteiger partial charge on any atom is 0.248 e. The molecule has 0 radical (unpaired) electrons. The summed E-state index contributed by atoms with van der Waals surface area (Å²) in [4.78, 5) is 10.8. The molecule has 1 aromatic rings. The van der Waals surface area contributed by atoms with Crippen LogP contribution in [0.3, 0.4) is 0 Å². The fraction of sp³-hybridized carbons (Fsp3) is 0.364. The van der Waals surface area contributed by atoms with Crippen molar-refractivity contribution in [3.8, 4) is 0 Å². The van der Waals surface area contributed by atoms with E-state index in [-0.39, 0.29) is 6.29 Å². The number of carbonyl (C=O) groups is 1. The van der Waals surface area contributed by atoms with Crippen LogP contribution in [0.5, 0.6) is 0 Å². The number of amides is 1. The molecule has 1 aliphatic heterocycles. The normalized spacial score (nSPS) is 16.2. The molecule has 86 valence electrons. The highest BCUT2D eigenvalue weighted by atomic mass is 16.7. The first kappa shape index (κ1) is 10.9. The van der Waals surface area contributed by atoms with Gasteiger partial charge >= 0.3 is 0 Å². The zero-order chi connectivity index (χ0) is 11.4. The lowest BCUT2D eigenvalue weighted by Gasteiger charge is -2.11. The topological polar surface area (TPSA) is 73.6 Å². The van der Waals surface area contributed by atoms with E-state index in [1.165, 1.54) is 0 Å². The van der Waals surface area contributed by atoms with Gasteiger partial charge < -0.3 is 20.5 Å². The second-order valence-electron chi connectivity index (χ2n) is 3.49. The van der Waals surface area contributed by atoms with Crippen molar-refractivity contribution < 1.29 is 14.3 Å². The Morgan fingerprint density at radius 3 is 2.50 bits per heavy atom. The van der Waals surface area contributed by atoms with Crippen molar-refractivity contribution in [2.45, 2.75) is 6.29 Å². The van der Waals surface area contributed by atoms with Crippen molar-refractivity contribution in [2.24, 2.45) is 5.73 Å². The summed E-state index contributed by atoms with van der Waals surface area (Å²) in [5.41, 5.74) is 6.54. The summed E-state index contributed by atoms with van der Waals surface area (Å²) < 4.78 is 10.6. The first-order valence-corrected chi connectivity index (χ1v) is 5.12. The predicted molar refractivity (Wildman–Crippen MR) is 59.1 cm³/mol. The fourth-order valence-corrected chi connectivity index (χ4v) is 1.48. The molecule has 2 rings (SSSR count). The van der Waals surface area contributed by atoms with Crippen molar-refractivity contribution in [3.63, 3.8) is 0 Å². The van der Waals surface area contributed by atoms with Gasteiger partial charge in [-0.3, -0.25) is 4.79 Å². The van der Waals surface area contributed by atoms with Gasteiger partial charge in [0.05, 0.1) is 19.8 Å². The van der Waals surface area contributed by atoms with Crippen LogP contribution < -0.4 is 11.1 Å². The Morgan fingerprint density at radius 1 is 1.31 bits per heavy atom. The lowest BCUT2D eigenvalue weighted by molar-refractivity contribution is -0.0299. The monoisotopic (exact) mass is 222 g/mol. The van der Waals surface area contributed by atoms with Gasteiger partial charge in [0.25, 0.3) is 0 Å². The van der Waals surface area contributed by atoms with Crippen LogP contribution in [-0.4, -0.2) is 32.0 Å². The fourth-order valence-electron chi connectivity index (χ4n) is 1.48. The number of ether oxygens (including phenoxy) is 2. The summed E-state index contributed by atoms with van der Waals surface area (Å²) in [6.07, 6.45) is -0.184. The van der Waals surface area contributed by atoms with Crippen molar-refractivity contribution in [3.05, 3.63) is 29.8 Å². The van der Waals surface area contributed by atoms with E-state index in [4.69, 9.17) is 15.2 Å². The van der Waals surface area contributed by atoms with Gasteiger partial charge in [-0.2, -0.15) is 0 Å². The van der Waals surface area contributed by atoms with E-state index in [1.54, 1.807) is 24.3 Å². The predicted octanol–water partition coefficient (Wildman–Crippen LogP) is 0.570. The van der Waals surface area contributed by atoms with Gasteiger partial charge in [0.1, 0.15) is 0 Å². The quantitative estimate of drug-likeness (QED) is 0.781. The van der Waals surface area contributed by atoms with E-state index in [9.17, 15) is 4.79 Å². The third-order valence-electron chi connectivity index (χ3n) is 2.33. The minimum absolute atomic E-state index is 0.184. The SMILES string of the molecule is NC(=O)c1ccc(NCC2OCCO2)cc1. The standard InChI is InChI=1S/C11H14N2O3/c12-11(14)8-1-3-9(4-2-8)13-7-10-15-5-6-16-10/h1-4,10,13H,5-7H2,(H2,12,14). The first-order chi connectivity index (χ1) is 7.75. The smallest absolute Gasteiger partial charge is 0.248 e. The van der Waals surface area contributed by atoms with E-state index in [0.29, 0.717) is 25.3 Å². The summed E-state index contributed by atoms with van der Waals surface area (Å²) in [5.74, 6) is -0.422. The number of nitrogens with two attached hydrogens (primary N) is 1. The summed E-state index contributed by atoms with van der Waals surface area (Å²) in [7, 11) is 0. The summed E-state index contributed by atoms with van der Waals surface area (Å²) in [6.45, 7) is 1.88. The molecule has 1 aromatic carbocycles. The van der Waals surface area contributed by atoms with Gasteiger partial charge in [-0.15, -0.1) is 0 Å². The molecule has 1 saturated heterocycles. The van der Waals surface area contributed by atoms with E-state index in [2.05, 4.69) is 5.32 Å². The molecule has 0 atom stereocenters. The first-order valence-electron chi connectivity index (χ1n) is 5.12. The Hall–Kier alpha value is -1.59. The Balaban J connectivity index is 1.87. The zero-order valence-electron chi connectivity index (χ0n) is 8.81. The Labute approximate surface area is 93.5 Å². The average molecular weight is 222 g/mol. The molecule has 1 amide bonds.